The molecule has 174 valence electrons. The van der Waals surface area contributed by atoms with E-state index in [1.807, 2.05) is 42.3 Å². The Morgan fingerprint density at radius 1 is 1.18 bits per heavy atom. The fourth-order valence-electron chi connectivity index (χ4n) is 4.39. The molecular formula is C25H25N5O4. The van der Waals surface area contributed by atoms with Crippen LogP contribution in [0.4, 0.5) is 22.9 Å². The van der Waals surface area contributed by atoms with Gasteiger partial charge in [-0.2, -0.15) is 0 Å². The minimum Gasteiger partial charge on any atom is -0.485 e. The van der Waals surface area contributed by atoms with Crippen molar-refractivity contribution in [3.63, 3.8) is 0 Å². The molecule has 5 rings (SSSR count). The zero-order chi connectivity index (χ0) is 23.8. The third-order valence-corrected chi connectivity index (χ3v) is 5.95. The molecular weight excluding hydrogens is 434 g/mol. The van der Waals surface area contributed by atoms with Gasteiger partial charge in [0.25, 0.3) is 0 Å². The van der Waals surface area contributed by atoms with E-state index in [0.717, 1.165) is 41.1 Å². The first kappa shape index (κ1) is 21.7. The number of pyridine rings is 2. The van der Waals surface area contributed by atoms with Gasteiger partial charge in [0.05, 0.1) is 19.0 Å². The van der Waals surface area contributed by atoms with E-state index < -0.39 is 0 Å². The summed E-state index contributed by atoms with van der Waals surface area (Å²) in [6, 6.07) is 9.58. The SMILES string of the molecule is COc1ncc(Nc2cc3c(cn2)-c2ccc(N4CCCC4=O)cc2OC3C)cc1NC(C)=O. The molecule has 1 saturated heterocycles. The number of rotatable bonds is 5. The summed E-state index contributed by atoms with van der Waals surface area (Å²) in [4.78, 5) is 34.3. The summed E-state index contributed by atoms with van der Waals surface area (Å²) >= 11 is 0. The van der Waals surface area contributed by atoms with Crippen LogP contribution in [0.1, 0.15) is 38.4 Å². The van der Waals surface area contributed by atoms with Crippen LogP contribution in [0, 0.1) is 0 Å². The lowest BCUT2D eigenvalue weighted by Crippen LogP contribution is -2.24. The molecule has 2 aliphatic heterocycles. The predicted octanol–water partition coefficient (Wildman–Crippen LogP) is 4.43. The molecule has 1 fully saturated rings. The van der Waals surface area contributed by atoms with Crippen LogP contribution in [0.25, 0.3) is 11.1 Å². The number of anilines is 4. The van der Waals surface area contributed by atoms with Crippen molar-refractivity contribution >= 4 is 34.7 Å². The van der Waals surface area contributed by atoms with Gasteiger partial charge >= 0.3 is 0 Å². The zero-order valence-electron chi connectivity index (χ0n) is 19.2. The monoisotopic (exact) mass is 459 g/mol. The van der Waals surface area contributed by atoms with Gasteiger partial charge in [-0.15, -0.1) is 0 Å². The zero-order valence-corrected chi connectivity index (χ0v) is 19.2. The van der Waals surface area contributed by atoms with Gasteiger partial charge in [-0.25, -0.2) is 9.97 Å². The molecule has 9 nitrogen and oxygen atoms in total. The Kier molecular flexibility index (Phi) is 5.53. The topological polar surface area (TPSA) is 106 Å². The Balaban J connectivity index is 1.43. The summed E-state index contributed by atoms with van der Waals surface area (Å²) in [6.07, 6.45) is 4.71. The second kappa shape index (κ2) is 8.66. The number of carbonyl (C=O) groups excluding carboxylic acids is 2. The Bertz CT molecular complexity index is 1290. The van der Waals surface area contributed by atoms with Crippen LogP contribution < -0.4 is 25.0 Å². The molecule has 2 aliphatic rings. The Morgan fingerprint density at radius 2 is 2.03 bits per heavy atom. The minimum atomic E-state index is -0.217. The van der Waals surface area contributed by atoms with E-state index in [0.29, 0.717) is 29.5 Å². The van der Waals surface area contributed by atoms with E-state index in [4.69, 9.17) is 9.47 Å². The third kappa shape index (κ3) is 4.00. The number of hydrogen-bond acceptors (Lipinski definition) is 7. The summed E-state index contributed by atoms with van der Waals surface area (Å²) in [7, 11) is 1.50. The van der Waals surface area contributed by atoms with Gasteiger partial charge in [0.15, 0.2) is 0 Å². The Labute approximate surface area is 197 Å². The van der Waals surface area contributed by atoms with Crippen LogP contribution in [-0.4, -0.2) is 35.4 Å². The first-order valence-electron chi connectivity index (χ1n) is 11.1. The van der Waals surface area contributed by atoms with Crippen LogP contribution in [0.2, 0.25) is 0 Å². The molecule has 2 N–H and O–H groups in total. The van der Waals surface area contributed by atoms with Crippen molar-refractivity contribution in [2.75, 3.05) is 29.2 Å². The molecule has 0 saturated carbocycles. The first-order valence-corrected chi connectivity index (χ1v) is 11.1. The third-order valence-electron chi connectivity index (χ3n) is 5.95. The van der Waals surface area contributed by atoms with E-state index in [2.05, 4.69) is 20.6 Å². The van der Waals surface area contributed by atoms with Gasteiger partial charge in [0, 0.05) is 54.5 Å². The van der Waals surface area contributed by atoms with E-state index >= 15 is 0 Å². The maximum Gasteiger partial charge on any atom is 0.237 e. The molecule has 0 radical (unpaired) electrons. The summed E-state index contributed by atoms with van der Waals surface area (Å²) in [5, 5.41) is 5.95. The summed E-state index contributed by atoms with van der Waals surface area (Å²) in [6.45, 7) is 4.16. The number of fused-ring (bicyclic) bond motifs is 3. The number of ether oxygens (including phenoxy) is 2. The highest BCUT2D eigenvalue weighted by Crippen LogP contribution is 2.44. The van der Waals surface area contributed by atoms with E-state index in [1.165, 1.54) is 14.0 Å². The second-order valence-corrected chi connectivity index (χ2v) is 8.33. The van der Waals surface area contributed by atoms with Crippen molar-refractivity contribution in [3.8, 4) is 22.8 Å². The van der Waals surface area contributed by atoms with E-state index in [1.54, 1.807) is 12.3 Å². The average molecular weight is 460 g/mol. The lowest BCUT2D eigenvalue weighted by Gasteiger charge is -2.28. The van der Waals surface area contributed by atoms with Crippen molar-refractivity contribution in [1.82, 2.24) is 9.97 Å². The molecule has 1 unspecified atom stereocenters. The maximum absolute atomic E-state index is 12.1. The number of methoxy groups -OCH3 is 1. The molecule has 0 aliphatic carbocycles. The Morgan fingerprint density at radius 3 is 2.76 bits per heavy atom. The van der Waals surface area contributed by atoms with Crippen molar-refractivity contribution in [1.29, 1.82) is 0 Å². The van der Waals surface area contributed by atoms with Crippen molar-refractivity contribution < 1.29 is 19.1 Å². The van der Waals surface area contributed by atoms with Crippen molar-refractivity contribution in [2.24, 2.45) is 0 Å². The molecule has 1 atom stereocenters. The number of carbonyl (C=O) groups is 2. The Hall–Kier alpha value is -4.14. The van der Waals surface area contributed by atoms with Crippen LogP contribution in [0.3, 0.4) is 0 Å². The summed E-state index contributed by atoms with van der Waals surface area (Å²) in [5.74, 6) is 1.63. The predicted molar refractivity (Wildman–Crippen MR) is 129 cm³/mol. The van der Waals surface area contributed by atoms with Crippen LogP contribution in [-0.2, 0) is 9.59 Å². The lowest BCUT2D eigenvalue weighted by atomic mass is 9.94. The average Bonchev–Trinajstić information content (AvgIpc) is 3.24. The summed E-state index contributed by atoms with van der Waals surface area (Å²) in [5.41, 5.74) is 4.92. The number of benzene rings is 1. The van der Waals surface area contributed by atoms with Gasteiger partial charge in [-0.1, -0.05) is 0 Å². The fraction of sp³-hybridized carbons (Fsp3) is 0.280. The maximum atomic E-state index is 12.1. The number of nitrogens with one attached hydrogen (secondary N) is 2. The van der Waals surface area contributed by atoms with Crippen molar-refractivity contribution in [2.45, 2.75) is 32.8 Å². The molecule has 9 heteroatoms. The fourth-order valence-corrected chi connectivity index (χ4v) is 4.39. The van der Waals surface area contributed by atoms with Gasteiger partial charge in [-0.3, -0.25) is 9.59 Å². The quantitative estimate of drug-likeness (QED) is 0.581. The number of amides is 2. The van der Waals surface area contributed by atoms with Gasteiger partial charge in [-0.05, 0) is 37.6 Å². The number of hydrogen-bond donors (Lipinski definition) is 2. The van der Waals surface area contributed by atoms with Gasteiger partial charge in [0.2, 0.25) is 17.7 Å². The highest BCUT2D eigenvalue weighted by molar-refractivity contribution is 5.96. The molecule has 3 aromatic rings. The standard InChI is InChI=1S/C25H25N5O4/c1-14-19-11-23(29-16-9-21(28-15(2)31)25(33-3)27-12-16)26-13-20(19)18-7-6-17(10-22(18)34-14)30-8-4-5-24(30)32/h6-7,9-14H,4-5,8H2,1-3H3,(H,26,29)(H,28,31). The molecule has 4 heterocycles. The van der Waals surface area contributed by atoms with E-state index in [9.17, 15) is 9.59 Å². The van der Waals surface area contributed by atoms with E-state index in [-0.39, 0.29) is 17.9 Å². The van der Waals surface area contributed by atoms with Crippen molar-refractivity contribution in [3.05, 3.63) is 48.3 Å². The molecule has 34 heavy (non-hydrogen) atoms. The number of nitrogens with zero attached hydrogens (tertiary/aromatic N) is 3. The largest absolute Gasteiger partial charge is 0.485 e. The van der Waals surface area contributed by atoms with Gasteiger partial charge in [0.1, 0.15) is 23.4 Å². The highest BCUT2D eigenvalue weighted by Gasteiger charge is 2.27. The number of aromatic nitrogens is 2. The lowest BCUT2D eigenvalue weighted by molar-refractivity contribution is -0.117. The molecule has 0 bridgehead atoms. The van der Waals surface area contributed by atoms with Crippen LogP contribution >= 0.6 is 0 Å². The minimum absolute atomic E-state index is 0.149. The molecule has 0 spiro atoms. The smallest absolute Gasteiger partial charge is 0.237 e. The summed E-state index contributed by atoms with van der Waals surface area (Å²) < 4.78 is 11.4. The molecule has 2 aromatic heterocycles. The first-order chi connectivity index (χ1) is 16.4. The normalized spacial score (nSPS) is 16.4. The van der Waals surface area contributed by atoms with Gasteiger partial charge < -0.3 is 25.0 Å². The van der Waals surface area contributed by atoms with Crippen LogP contribution in [0.5, 0.6) is 11.6 Å². The molecule has 1 aromatic carbocycles. The second-order valence-electron chi connectivity index (χ2n) is 8.33. The van der Waals surface area contributed by atoms with Crippen LogP contribution in [0.15, 0.2) is 42.7 Å². The molecule has 2 amide bonds. The highest BCUT2D eigenvalue weighted by atomic mass is 16.5.